The van der Waals surface area contributed by atoms with Crippen LogP contribution in [0.3, 0.4) is 0 Å². The van der Waals surface area contributed by atoms with Crippen molar-refractivity contribution in [1.82, 2.24) is 0 Å². The van der Waals surface area contributed by atoms with E-state index in [0.29, 0.717) is 22.3 Å². The molecule has 2 aromatic rings. The first-order valence-electron chi connectivity index (χ1n) is 6.61. The van der Waals surface area contributed by atoms with Gasteiger partial charge >= 0.3 is 0 Å². The Kier molecular flexibility index (Phi) is 6.08. The van der Waals surface area contributed by atoms with Gasteiger partial charge in [-0.3, -0.25) is 9.59 Å². The highest BCUT2D eigenvalue weighted by atomic mass is 16.1. The molecule has 0 bridgehead atoms. The molecule has 0 fully saturated rings. The van der Waals surface area contributed by atoms with E-state index in [-0.39, 0.29) is 11.6 Å². The first-order chi connectivity index (χ1) is 10.7. The van der Waals surface area contributed by atoms with Crippen LogP contribution in [-0.2, 0) is 16.0 Å². The van der Waals surface area contributed by atoms with E-state index in [4.69, 9.17) is 9.59 Å². The molecule has 4 heteroatoms. The smallest absolute Gasteiger partial charge is 0.194 e. The Morgan fingerprint density at radius 1 is 0.727 bits per heavy atom. The molecule has 0 spiro atoms. The van der Waals surface area contributed by atoms with E-state index < -0.39 is 0 Å². The molecule has 0 saturated heterocycles. The minimum absolute atomic E-state index is 0.0458. The van der Waals surface area contributed by atoms with Crippen LogP contribution < -0.4 is 0 Å². The number of carbonyl (C=O) groups excluding carboxylic acids is 4. The quantitative estimate of drug-likeness (QED) is 0.692. The molecule has 0 aliphatic heterocycles. The maximum atomic E-state index is 12.4. The van der Waals surface area contributed by atoms with E-state index >= 15 is 0 Å². The third-order valence-electron chi connectivity index (χ3n) is 3.40. The number of fused-ring (bicyclic) bond motifs is 2. The number of rotatable bonds is 1. The van der Waals surface area contributed by atoms with Crippen molar-refractivity contribution in [3.8, 4) is 0 Å². The molecule has 1 aliphatic carbocycles. The molecule has 1 aliphatic rings. The van der Waals surface area contributed by atoms with E-state index in [1.807, 2.05) is 32.6 Å². The largest absolute Gasteiger partial charge is 0.307 e. The summed E-state index contributed by atoms with van der Waals surface area (Å²) in [6, 6.07) is 12.5. The molecule has 112 valence electrons. The van der Waals surface area contributed by atoms with E-state index in [9.17, 15) is 9.59 Å². The molecule has 0 heterocycles. The molecule has 0 N–H and O–H groups in total. The Hall–Kier alpha value is -2.88. The summed E-state index contributed by atoms with van der Waals surface area (Å²) in [7, 11) is 0. The SMILES string of the molecule is C=O.C=O.CCc1ccc2c(c1)C(=O)c1ccccc1C2=O. The van der Waals surface area contributed by atoms with Crippen LogP contribution in [0, 0.1) is 0 Å². The minimum atomic E-state index is -0.0529. The van der Waals surface area contributed by atoms with Crippen molar-refractivity contribution < 1.29 is 19.2 Å². The predicted molar refractivity (Wildman–Crippen MR) is 83.4 cm³/mol. The summed E-state index contributed by atoms with van der Waals surface area (Å²) in [6.45, 7) is 6.03. The summed E-state index contributed by atoms with van der Waals surface area (Å²) in [6.07, 6.45) is 0.858. The molecule has 0 unspecified atom stereocenters. The minimum Gasteiger partial charge on any atom is -0.307 e. The van der Waals surface area contributed by atoms with E-state index in [0.717, 1.165) is 12.0 Å². The van der Waals surface area contributed by atoms with Gasteiger partial charge < -0.3 is 9.59 Å². The fourth-order valence-corrected chi connectivity index (χ4v) is 2.37. The number of carbonyl (C=O) groups is 4. The second-order valence-electron chi connectivity index (χ2n) is 4.44. The lowest BCUT2D eigenvalue weighted by molar-refractivity contribution is -0.0987. The van der Waals surface area contributed by atoms with Crippen LogP contribution in [-0.4, -0.2) is 25.1 Å². The lowest BCUT2D eigenvalue weighted by Crippen LogP contribution is -2.20. The Morgan fingerprint density at radius 2 is 1.18 bits per heavy atom. The van der Waals surface area contributed by atoms with Gasteiger partial charge in [0.1, 0.15) is 13.6 Å². The van der Waals surface area contributed by atoms with Crippen molar-refractivity contribution in [2.24, 2.45) is 0 Å². The molecule has 3 rings (SSSR count). The molecule has 22 heavy (non-hydrogen) atoms. The number of hydrogen-bond acceptors (Lipinski definition) is 4. The zero-order valence-corrected chi connectivity index (χ0v) is 12.3. The van der Waals surface area contributed by atoms with E-state index in [1.54, 1.807) is 30.3 Å². The summed E-state index contributed by atoms with van der Waals surface area (Å²) >= 11 is 0. The van der Waals surface area contributed by atoms with Gasteiger partial charge in [0.15, 0.2) is 11.6 Å². The molecule has 0 atom stereocenters. The van der Waals surface area contributed by atoms with Crippen LogP contribution in [0.25, 0.3) is 0 Å². The summed E-state index contributed by atoms with van der Waals surface area (Å²) in [5, 5.41) is 0. The van der Waals surface area contributed by atoms with Gasteiger partial charge in [0.05, 0.1) is 0 Å². The number of hydrogen-bond donors (Lipinski definition) is 0. The van der Waals surface area contributed by atoms with Crippen LogP contribution in [0.2, 0.25) is 0 Å². The van der Waals surface area contributed by atoms with E-state index in [2.05, 4.69) is 0 Å². The third kappa shape index (κ3) is 2.91. The lowest BCUT2D eigenvalue weighted by Gasteiger charge is -2.17. The fraction of sp³-hybridized carbons (Fsp3) is 0.111. The monoisotopic (exact) mass is 296 g/mol. The standard InChI is InChI=1S/C16H12O2.2CH2O/c1-2-10-7-8-13-14(9-10)16(18)12-6-4-3-5-11(12)15(13)17;2*1-2/h3-9H,2H2,1H3;2*1H2. The van der Waals surface area contributed by atoms with Crippen molar-refractivity contribution in [3.05, 3.63) is 70.3 Å². The molecule has 2 aromatic carbocycles. The zero-order valence-electron chi connectivity index (χ0n) is 12.3. The van der Waals surface area contributed by atoms with Crippen molar-refractivity contribution in [2.45, 2.75) is 13.3 Å². The van der Waals surface area contributed by atoms with Gasteiger partial charge in [-0.2, -0.15) is 0 Å². The Labute approximate surface area is 128 Å². The van der Waals surface area contributed by atoms with Crippen molar-refractivity contribution in [1.29, 1.82) is 0 Å². The molecular formula is C18H16O4. The molecule has 0 amide bonds. The van der Waals surface area contributed by atoms with Crippen LogP contribution in [0.4, 0.5) is 0 Å². The Balaban J connectivity index is 0.000000561. The summed E-state index contributed by atoms with van der Waals surface area (Å²) in [5.74, 6) is -0.0987. The van der Waals surface area contributed by atoms with Crippen LogP contribution in [0.1, 0.15) is 44.3 Å². The summed E-state index contributed by atoms with van der Waals surface area (Å²) in [4.78, 5) is 40.7. The maximum Gasteiger partial charge on any atom is 0.194 e. The van der Waals surface area contributed by atoms with Gasteiger partial charge in [-0.1, -0.05) is 43.3 Å². The third-order valence-corrected chi connectivity index (χ3v) is 3.40. The Morgan fingerprint density at radius 3 is 1.68 bits per heavy atom. The normalized spacial score (nSPS) is 11.1. The van der Waals surface area contributed by atoms with Crippen molar-refractivity contribution in [3.63, 3.8) is 0 Å². The average molecular weight is 296 g/mol. The number of aryl methyl sites for hydroxylation is 1. The predicted octanol–water partition coefficient (Wildman–Crippen LogP) is 2.65. The number of ketones is 2. The van der Waals surface area contributed by atoms with Gasteiger partial charge in [0, 0.05) is 22.3 Å². The highest BCUT2D eigenvalue weighted by Gasteiger charge is 2.28. The summed E-state index contributed by atoms with van der Waals surface area (Å²) in [5.41, 5.74) is 3.17. The van der Waals surface area contributed by atoms with Gasteiger partial charge in [0.2, 0.25) is 0 Å². The zero-order chi connectivity index (χ0) is 16.7. The Bertz CT molecular complexity index is 702. The molecule has 0 radical (unpaired) electrons. The second kappa shape index (κ2) is 7.78. The van der Waals surface area contributed by atoms with E-state index in [1.165, 1.54) is 0 Å². The summed E-state index contributed by atoms with van der Waals surface area (Å²) < 4.78 is 0. The van der Waals surface area contributed by atoms with Gasteiger partial charge in [-0.15, -0.1) is 0 Å². The second-order valence-corrected chi connectivity index (χ2v) is 4.44. The first-order valence-corrected chi connectivity index (χ1v) is 6.61. The van der Waals surface area contributed by atoms with Gasteiger partial charge in [0.25, 0.3) is 0 Å². The topological polar surface area (TPSA) is 68.3 Å². The average Bonchev–Trinajstić information content (AvgIpc) is 2.62. The highest BCUT2D eigenvalue weighted by Crippen LogP contribution is 2.27. The molecule has 0 saturated carbocycles. The molecule has 4 nitrogen and oxygen atoms in total. The van der Waals surface area contributed by atoms with Gasteiger partial charge in [-0.25, -0.2) is 0 Å². The first kappa shape index (κ1) is 17.2. The fourth-order valence-electron chi connectivity index (χ4n) is 2.37. The lowest BCUT2D eigenvalue weighted by atomic mass is 9.83. The van der Waals surface area contributed by atoms with Crippen LogP contribution in [0.5, 0.6) is 0 Å². The van der Waals surface area contributed by atoms with Crippen molar-refractivity contribution in [2.75, 3.05) is 0 Å². The maximum absolute atomic E-state index is 12.4. The molecule has 0 aromatic heterocycles. The highest BCUT2D eigenvalue weighted by molar-refractivity contribution is 6.28. The van der Waals surface area contributed by atoms with Crippen molar-refractivity contribution >= 4 is 25.1 Å². The van der Waals surface area contributed by atoms with Gasteiger partial charge in [-0.05, 0) is 18.1 Å². The molecular weight excluding hydrogens is 280 g/mol. The number of benzene rings is 2. The van der Waals surface area contributed by atoms with Crippen LogP contribution in [0.15, 0.2) is 42.5 Å². The van der Waals surface area contributed by atoms with Crippen LogP contribution >= 0.6 is 0 Å².